The molecule has 0 aromatic carbocycles. The van der Waals surface area contributed by atoms with Gasteiger partial charge in [0.15, 0.2) is 0 Å². The summed E-state index contributed by atoms with van der Waals surface area (Å²) >= 11 is -2.39. The van der Waals surface area contributed by atoms with E-state index in [1.54, 1.807) is 0 Å². The molecule has 0 aliphatic heterocycles. The Kier molecular flexibility index (Phi) is 10.5. The normalized spacial score (nSPS) is 12.3. The average molecular weight is 427 g/mol. The van der Waals surface area contributed by atoms with E-state index in [-0.39, 0.29) is 0 Å². The van der Waals surface area contributed by atoms with E-state index in [9.17, 15) is 0 Å². The summed E-state index contributed by atoms with van der Waals surface area (Å²) in [6.45, 7) is 13.3. The molecule has 1 rings (SSSR count). The molecule has 0 bridgehead atoms. The van der Waals surface area contributed by atoms with Crippen molar-refractivity contribution >= 4 is 22.1 Å². The van der Waals surface area contributed by atoms with Crippen LogP contribution in [0.1, 0.15) is 85.1 Å². The molecule has 0 amide bonds. The molecular formula is C19H38N3Sn. The van der Waals surface area contributed by atoms with Crippen molar-refractivity contribution in [2.75, 3.05) is 0 Å². The third kappa shape index (κ3) is 6.06. The van der Waals surface area contributed by atoms with Crippen molar-refractivity contribution in [3.63, 3.8) is 0 Å². The molecule has 0 spiro atoms. The summed E-state index contributed by atoms with van der Waals surface area (Å²) in [4.78, 5) is 0. The standard InChI is InChI=1S/C7H11N3.3C4H9.Sn/c1-3-7(4-2)10-6-5-8-9-10;3*1-3-4-2;/h6-7H,1,3-4H2,2H3;3*1,3-4H2,2H3;. The Morgan fingerprint density at radius 2 is 1.52 bits per heavy atom. The summed E-state index contributed by atoms with van der Waals surface area (Å²) in [6, 6.07) is 0.420. The summed E-state index contributed by atoms with van der Waals surface area (Å²) in [5.41, 5.74) is 0. The van der Waals surface area contributed by atoms with Gasteiger partial charge in [-0.15, -0.1) is 0 Å². The molecule has 0 fully saturated rings. The van der Waals surface area contributed by atoms with Crippen LogP contribution >= 0.6 is 0 Å². The van der Waals surface area contributed by atoms with E-state index in [1.165, 1.54) is 55.5 Å². The zero-order valence-electron chi connectivity index (χ0n) is 16.0. The Balaban J connectivity index is 3.08. The van der Waals surface area contributed by atoms with E-state index >= 15 is 0 Å². The number of aromatic nitrogens is 3. The average Bonchev–Trinajstić information content (AvgIpc) is 3.06. The van der Waals surface area contributed by atoms with Crippen LogP contribution in [0.3, 0.4) is 0 Å². The van der Waals surface area contributed by atoms with Gasteiger partial charge < -0.3 is 0 Å². The van der Waals surface area contributed by atoms with E-state index in [4.69, 9.17) is 5.10 Å². The second kappa shape index (κ2) is 11.5. The fourth-order valence-corrected chi connectivity index (χ4v) is 18.6. The molecular weight excluding hydrogens is 389 g/mol. The predicted octanol–water partition coefficient (Wildman–Crippen LogP) is 5.51. The molecule has 4 heteroatoms. The summed E-state index contributed by atoms with van der Waals surface area (Å²) in [5, 5.41) is 9.27. The van der Waals surface area contributed by atoms with E-state index in [2.05, 4.69) is 50.7 Å². The van der Waals surface area contributed by atoms with Crippen molar-refractivity contribution in [2.45, 2.75) is 98.4 Å². The molecule has 23 heavy (non-hydrogen) atoms. The van der Waals surface area contributed by atoms with E-state index in [0.29, 0.717) is 6.04 Å². The molecule has 0 saturated carbocycles. The minimum atomic E-state index is -2.39. The van der Waals surface area contributed by atoms with Crippen molar-refractivity contribution in [1.82, 2.24) is 15.0 Å². The second-order valence-electron chi connectivity index (χ2n) is 7.03. The monoisotopic (exact) mass is 428 g/mol. The van der Waals surface area contributed by atoms with Gasteiger partial charge in [-0.05, 0) is 0 Å². The van der Waals surface area contributed by atoms with Gasteiger partial charge >= 0.3 is 149 Å². The van der Waals surface area contributed by atoms with Crippen LogP contribution in [0.5, 0.6) is 0 Å². The Hall–Kier alpha value is -0.0613. The molecule has 1 atom stereocenters. The van der Waals surface area contributed by atoms with Crippen molar-refractivity contribution in [3.8, 4) is 0 Å². The van der Waals surface area contributed by atoms with Gasteiger partial charge in [0.2, 0.25) is 0 Å². The fourth-order valence-electron chi connectivity index (χ4n) is 3.53. The Labute approximate surface area is 148 Å². The number of rotatable bonds is 13. The van der Waals surface area contributed by atoms with Gasteiger partial charge in [0.05, 0.1) is 0 Å². The first-order chi connectivity index (χ1) is 11.2. The topological polar surface area (TPSA) is 30.7 Å². The number of nitrogens with zero attached hydrogens (tertiary/aromatic N) is 3. The Morgan fingerprint density at radius 3 is 1.91 bits per heavy atom. The molecule has 1 aromatic heterocycles. The number of unbranched alkanes of at least 4 members (excludes halogenated alkanes) is 3. The first-order valence-electron chi connectivity index (χ1n) is 9.88. The van der Waals surface area contributed by atoms with Crippen molar-refractivity contribution in [3.05, 3.63) is 13.1 Å². The van der Waals surface area contributed by atoms with Crippen molar-refractivity contribution < 1.29 is 0 Å². The number of hydrogen-bond acceptors (Lipinski definition) is 2. The van der Waals surface area contributed by atoms with E-state index in [0.717, 1.165) is 12.8 Å². The minimum absolute atomic E-state index is 0.420. The molecule has 133 valence electrons. The maximum atomic E-state index is 4.74. The van der Waals surface area contributed by atoms with Crippen LogP contribution in [0.15, 0.2) is 6.20 Å². The van der Waals surface area contributed by atoms with Crippen LogP contribution in [0.4, 0.5) is 0 Å². The molecule has 0 aliphatic carbocycles. The van der Waals surface area contributed by atoms with Gasteiger partial charge in [-0.1, -0.05) is 0 Å². The summed E-state index contributed by atoms with van der Waals surface area (Å²) in [6.07, 6.45) is 12.4. The second-order valence-corrected chi connectivity index (χ2v) is 20.1. The zero-order chi connectivity index (χ0) is 17.1. The third-order valence-electron chi connectivity index (χ3n) is 5.26. The van der Waals surface area contributed by atoms with Crippen LogP contribution in [-0.2, 0) is 0 Å². The first kappa shape index (κ1) is 21.0. The molecule has 1 radical (unpaired) electrons. The zero-order valence-corrected chi connectivity index (χ0v) is 18.8. The summed E-state index contributed by atoms with van der Waals surface area (Å²) in [5.74, 6) is 0. The molecule has 1 heterocycles. The Bertz CT molecular complexity index is 391. The van der Waals surface area contributed by atoms with Gasteiger partial charge in [-0.3, -0.25) is 0 Å². The van der Waals surface area contributed by atoms with Crippen LogP contribution in [0, 0.1) is 6.92 Å². The van der Waals surface area contributed by atoms with Crippen LogP contribution in [0.2, 0.25) is 13.3 Å². The van der Waals surface area contributed by atoms with Crippen LogP contribution < -0.4 is 3.71 Å². The SMILES string of the molecule is [CH2]CC(CC)n1c[c]([Sn]([CH2]CCC)([CH2]CCC)[CH2]CCC)nn1. The van der Waals surface area contributed by atoms with Gasteiger partial charge in [-0.25, -0.2) is 0 Å². The van der Waals surface area contributed by atoms with Gasteiger partial charge in [0, 0.05) is 0 Å². The maximum absolute atomic E-state index is 4.74. The summed E-state index contributed by atoms with van der Waals surface area (Å²) in [7, 11) is 0. The predicted molar refractivity (Wildman–Crippen MR) is 104 cm³/mol. The number of hydrogen-bond donors (Lipinski definition) is 0. The third-order valence-corrected chi connectivity index (χ3v) is 20.2. The van der Waals surface area contributed by atoms with Gasteiger partial charge in [0.25, 0.3) is 0 Å². The van der Waals surface area contributed by atoms with Crippen molar-refractivity contribution in [2.24, 2.45) is 0 Å². The summed E-state index contributed by atoms with van der Waals surface area (Å²) < 4.78 is 7.96. The van der Waals surface area contributed by atoms with E-state index < -0.39 is 18.4 Å². The fraction of sp³-hybridized carbons (Fsp3) is 0.842. The first-order valence-corrected chi connectivity index (χ1v) is 17.4. The van der Waals surface area contributed by atoms with Crippen LogP contribution in [0.25, 0.3) is 0 Å². The molecule has 1 unspecified atom stereocenters. The van der Waals surface area contributed by atoms with E-state index in [1.807, 2.05) is 0 Å². The molecule has 3 nitrogen and oxygen atoms in total. The molecule has 1 aromatic rings. The Morgan fingerprint density at radius 1 is 1.00 bits per heavy atom. The molecule has 0 aliphatic rings. The quantitative estimate of drug-likeness (QED) is 0.389. The van der Waals surface area contributed by atoms with Crippen molar-refractivity contribution in [1.29, 1.82) is 0 Å². The van der Waals surface area contributed by atoms with Gasteiger partial charge in [-0.2, -0.15) is 0 Å². The molecule has 0 saturated heterocycles. The van der Waals surface area contributed by atoms with Crippen LogP contribution in [-0.4, -0.2) is 33.4 Å². The molecule has 0 N–H and O–H groups in total. The van der Waals surface area contributed by atoms with Gasteiger partial charge in [0.1, 0.15) is 0 Å².